The number of rotatable bonds is 5. The first-order chi connectivity index (χ1) is 6.26. The van der Waals surface area contributed by atoms with Gasteiger partial charge in [-0.05, 0) is 12.2 Å². The molecule has 0 bridgehead atoms. The average Bonchev–Trinajstić information content (AvgIpc) is 2.12. The standard InChI is InChI=1S/C10H17NOS/c1-4-7-9-11(8-5-2)10(12)13-6-3/h2H,4,6-9H2,1,3H3. The fraction of sp³-hybridized carbons (Fsp3) is 0.700. The van der Waals surface area contributed by atoms with E-state index in [1.807, 2.05) is 6.92 Å². The van der Waals surface area contributed by atoms with Crippen molar-refractivity contribution in [3.63, 3.8) is 0 Å². The molecule has 0 spiro atoms. The van der Waals surface area contributed by atoms with E-state index in [-0.39, 0.29) is 5.24 Å². The third-order valence-electron chi connectivity index (χ3n) is 1.59. The monoisotopic (exact) mass is 199 g/mol. The molecule has 74 valence electrons. The Morgan fingerprint density at radius 3 is 2.69 bits per heavy atom. The summed E-state index contributed by atoms with van der Waals surface area (Å²) in [6.07, 6.45) is 7.30. The first-order valence-corrected chi connectivity index (χ1v) is 5.60. The molecular weight excluding hydrogens is 182 g/mol. The van der Waals surface area contributed by atoms with Crippen LogP contribution < -0.4 is 0 Å². The Hall–Kier alpha value is -0.620. The highest BCUT2D eigenvalue weighted by atomic mass is 32.2. The summed E-state index contributed by atoms with van der Waals surface area (Å²) in [5, 5.41) is 0.105. The fourth-order valence-electron chi connectivity index (χ4n) is 0.909. The van der Waals surface area contributed by atoms with Gasteiger partial charge in [-0.2, -0.15) is 0 Å². The maximum Gasteiger partial charge on any atom is 0.282 e. The number of nitrogens with zero attached hydrogens (tertiary/aromatic N) is 1. The minimum absolute atomic E-state index is 0.105. The molecule has 0 rings (SSSR count). The molecule has 0 aliphatic rings. The minimum atomic E-state index is 0.105. The van der Waals surface area contributed by atoms with Crippen LogP contribution in [0.15, 0.2) is 0 Å². The number of unbranched alkanes of at least 4 members (excludes halogenated alkanes) is 1. The van der Waals surface area contributed by atoms with E-state index in [0.717, 1.165) is 25.1 Å². The summed E-state index contributed by atoms with van der Waals surface area (Å²) in [6.45, 7) is 5.29. The number of hydrogen-bond acceptors (Lipinski definition) is 2. The molecule has 0 atom stereocenters. The summed E-state index contributed by atoms with van der Waals surface area (Å²) in [5.74, 6) is 3.32. The highest BCUT2D eigenvalue weighted by Gasteiger charge is 2.10. The summed E-state index contributed by atoms with van der Waals surface area (Å²) in [5.41, 5.74) is 0. The molecule has 0 saturated carbocycles. The van der Waals surface area contributed by atoms with Gasteiger partial charge in [-0.1, -0.05) is 38.0 Å². The molecule has 2 nitrogen and oxygen atoms in total. The normalized spacial score (nSPS) is 9.31. The third kappa shape index (κ3) is 5.59. The van der Waals surface area contributed by atoms with Crippen molar-refractivity contribution < 1.29 is 4.79 Å². The van der Waals surface area contributed by atoms with Gasteiger partial charge in [-0.3, -0.25) is 4.79 Å². The number of thioether (sulfide) groups is 1. The molecule has 0 radical (unpaired) electrons. The highest BCUT2D eigenvalue weighted by molar-refractivity contribution is 8.13. The molecule has 0 fully saturated rings. The van der Waals surface area contributed by atoms with Crippen LogP contribution in [-0.4, -0.2) is 29.0 Å². The van der Waals surface area contributed by atoms with Crippen molar-refractivity contribution in [2.45, 2.75) is 26.7 Å². The Bertz CT molecular complexity index is 186. The summed E-state index contributed by atoms with van der Waals surface area (Å²) >= 11 is 1.32. The van der Waals surface area contributed by atoms with Crippen molar-refractivity contribution in [1.82, 2.24) is 4.90 Å². The first-order valence-electron chi connectivity index (χ1n) is 4.61. The maximum absolute atomic E-state index is 11.4. The molecule has 0 unspecified atom stereocenters. The predicted molar refractivity (Wildman–Crippen MR) is 58.8 cm³/mol. The second-order valence-electron chi connectivity index (χ2n) is 2.68. The smallest absolute Gasteiger partial charge is 0.282 e. The van der Waals surface area contributed by atoms with Crippen LogP contribution in [-0.2, 0) is 0 Å². The Labute approximate surface area is 85.1 Å². The van der Waals surface area contributed by atoms with Crippen LogP contribution in [0.3, 0.4) is 0 Å². The van der Waals surface area contributed by atoms with Gasteiger partial charge in [0.25, 0.3) is 5.24 Å². The van der Waals surface area contributed by atoms with Gasteiger partial charge in [0, 0.05) is 6.54 Å². The van der Waals surface area contributed by atoms with E-state index >= 15 is 0 Å². The van der Waals surface area contributed by atoms with Crippen LogP contribution in [0.5, 0.6) is 0 Å². The minimum Gasteiger partial charge on any atom is -0.322 e. The van der Waals surface area contributed by atoms with Crippen molar-refractivity contribution in [2.24, 2.45) is 0 Å². The van der Waals surface area contributed by atoms with Gasteiger partial charge in [-0.25, -0.2) is 0 Å². The zero-order valence-electron chi connectivity index (χ0n) is 8.38. The number of amides is 1. The van der Waals surface area contributed by atoms with E-state index < -0.39 is 0 Å². The van der Waals surface area contributed by atoms with Gasteiger partial charge in [0.15, 0.2) is 0 Å². The van der Waals surface area contributed by atoms with E-state index in [0.29, 0.717) is 6.54 Å². The van der Waals surface area contributed by atoms with Gasteiger partial charge in [0.05, 0.1) is 6.54 Å². The van der Waals surface area contributed by atoms with Crippen molar-refractivity contribution in [2.75, 3.05) is 18.8 Å². The zero-order chi connectivity index (χ0) is 10.1. The van der Waals surface area contributed by atoms with Gasteiger partial charge in [0.1, 0.15) is 0 Å². The van der Waals surface area contributed by atoms with Gasteiger partial charge >= 0.3 is 0 Å². The highest BCUT2D eigenvalue weighted by Crippen LogP contribution is 2.08. The summed E-state index contributed by atoms with van der Waals surface area (Å²) in [6, 6.07) is 0. The Kier molecular flexibility index (Phi) is 7.62. The van der Waals surface area contributed by atoms with Crippen LogP contribution in [0.25, 0.3) is 0 Å². The lowest BCUT2D eigenvalue weighted by Gasteiger charge is -2.18. The number of carbonyl (C=O) groups is 1. The van der Waals surface area contributed by atoms with Crippen molar-refractivity contribution >= 4 is 17.0 Å². The Morgan fingerprint density at radius 2 is 2.23 bits per heavy atom. The predicted octanol–water partition coefficient (Wildman–Crippen LogP) is 2.59. The first kappa shape index (κ1) is 12.4. The quantitative estimate of drug-likeness (QED) is 0.634. The van der Waals surface area contributed by atoms with E-state index in [9.17, 15) is 4.79 Å². The molecule has 0 N–H and O–H groups in total. The van der Waals surface area contributed by atoms with Crippen LogP contribution in [0.1, 0.15) is 26.7 Å². The lowest BCUT2D eigenvalue weighted by Crippen LogP contribution is -2.29. The van der Waals surface area contributed by atoms with Gasteiger partial charge in [-0.15, -0.1) is 6.42 Å². The fourth-order valence-corrected chi connectivity index (χ4v) is 1.49. The van der Waals surface area contributed by atoms with Crippen LogP contribution >= 0.6 is 11.8 Å². The molecule has 0 heterocycles. The van der Waals surface area contributed by atoms with Crippen molar-refractivity contribution in [3.05, 3.63) is 0 Å². The second-order valence-corrected chi connectivity index (χ2v) is 3.89. The summed E-state index contributed by atoms with van der Waals surface area (Å²) in [4.78, 5) is 13.2. The van der Waals surface area contributed by atoms with E-state index in [4.69, 9.17) is 6.42 Å². The number of carbonyl (C=O) groups excluding carboxylic acids is 1. The third-order valence-corrected chi connectivity index (χ3v) is 2.38. The summed E-state index contributed by atoms with van der Waals surface area (Å²) < 4.78 is 0. The largest absolute Gasteiger partial charge is 0.322 e. The molecule has 0 aliphatic heterocycles. The van der Waals surface area contributed by atoms with Crippen molar-refractivity contribution in [1.29, 1.82) is 0 Å². The molecule has 0 aromatic carbocycles. The topological polar surface area (TPSA) is 20.3 Å². The molecule has 1 amide bonds. The van der Waals surface area contributed by atoms with Crippen molar-refractivity contribution in [3.8, 4) is 12.3 Å². The van der Waals surface area contributed by atoms with E-state index in [1.165, 1.54) is 11.8 Å². The molecule has 0 aromatic heterocycles. The molecule has 13 heavy (non-hydrogen) atoms. The van der Waals surface area contributed by atoms with E-state index in [1.54, 1.807) is 4.90 Å². The SMILES string of the molecule is C#CCN(CCCC)C(=O)SCC. The number of hydrogen-bond donors (Lipinski definition) is 0. The second kappa shape index (κ2) is 8.00. The molecule has 3 heteroatoms. The lowest BCUT2D eigenvalue weighted by molar-refractivity contribution is 0.228. The van der Waals surface area contributed by atoms with Gasteiger partial charge in [0.2, 0.25) is 0 Å². The molecule has 0 saturated heterocycles. The molecule has 0 aliphatic carbocycles. The Morgan fingerprint density at radius 1 is 1.54 bits per heavy atom. The average molecular weight is 199 g/mol. The van der Waals surface area contributed by atoms with Crippen LogP contribution in [0.4, 0.5) is 4.79 Å². The zero-order valence-corrected chi connectivity index (χ0v) is 9.19. The van der Waals surface area contributed by atoms with E-state index in [2.05, 4.69) is 12.8 Å². The van der Waals surface area contributed by atoms with Crippen LogP contribution in [0, 0.1) is 12.3 Å². The van der Waals surface area contributed by atoms with Crippen LogP contribution in [0.2, 0.25) is 0 Å². The maximum atomic E-state index is 11.4. The number of terminal acetylenes is 1. The molecule has 0 aromatic rings. The lowest BCUT2D eigenvalue weighted by atomic mass is 10.3. The Balaban J connectivity index is 3.92. The van der Waals surface area contributed by atoms with Gasteiger partial charge < -0.3 is 4.90 Å². The summed E-state index contributed by atoms with van der Waals surface area (Å²) in [7, 11) is 0. The molecular formula is C10H17NOS.